The van der Waals surface area contributed by atoms with E-state index in [1.54, 1.807) is 36.4 Å². The Bertz CT molecular complexity index is 822. The molecule has 6 nitrogen and oxygen atoms in total. The maximum absolute atomic E-state index is 13.0. The molecule has 2 aromatic carbocycles. The van der Waals surface area contributed by atoms with Crippen molar-refractivity contribution in [3.63, 3.8) is 0 Å². The highest BCUT2D eigenvalue weighted by Crippen LogP contribution is 2.22. The number of amides is 2. The molecule has 148 valence electrons. The number of aliphatic hydroxyl groups is 1. The molecule has 1 unspecified atom stereocenters. The Hall–Kier alpha value is -2.90. The van der Waals surface area contributed by atoms with Crippen LogP contribution in [0.2, 0.25) is 0 Å². The number of nitrogens with zero attached hydrogens (tertiary/aromatic N) is 1. The molecule has 0 saturated heterocycles. The fraction of sp³-hybridized carbons (Fsp3) is 0.286. The third-order valence-electron chi connectivity index (χ3n) is 4.54. The molecule has 0 radical (unpaired) electrons. The first kappa shape index (κ1) is 19.9. The number of β-amino-alcohol motifs (C(OH)–C–C–N with tert-alkyl or cyclic N) is 1. The van der Waals surface area contributed by atoms with Gasteiger partial charge in [0.15, 0.2) is 0 Å². The quantitative estimate of drug-likeness (QED) is 0.684. The number of carbonyl (C=O) groups is 1. The van der Waals surface area contributed by atoms with Crippen LogP contribution in [0.5, 0.6) is 5.75 Å². The molecule has 7 heteroatoms. The Morgan fingerprint density at radius 1 is 1.21 bits per heavy atom. The summed E-state index contributed by atoms with van der Waals surface area (Å²) in [5.41, 5.74) is 7.88. The fourth-order valence-corrected chi connectivity index (χ4v) is 3.12. The van der Waals surface area contributed by atoms with Crippen LogP contribution in [0.3, 0.4) is 0 Å². The number of nitrogens with one attached hydrogen (secondary N) is 1. The molecule has 0 fully saturated rings. The van der Waals surface area contributed by atoms with Gasteiger partial charge in [-0.1, -0.05) is 18.2 Å². The summed E-state index contributed by atoms with van der Waals surface area (Å²) in [7, 11) is 0. The number of hydrogen-bond acceptors (Lipinski definition) is 4. The maximum atomic E-state index is 13.0. The van der Waals surface area contributed by atoms with Gasteiger partial charge in [0.2, 0.25) is 0 Å². The number of nitrogens with two attached hydrogens (primary N) is 1. The molecule has 1 aliphatic heterocycles. The van der Waals surface area contributed by atoms with E-state index in [1.165, 1.54) is 17.7 Å². The lowest BCUT2D eigenvalue weighted by atomic mass is 9.99. The zero-order chi connectivity index (χ0) is 19.9. The first-order valence-corrected chi connectivity index (χ1v) is 9.14. The third kappa shape index (κ3) is 5.80. The van der Waals surface area contributed by atoms with Gasteiger partial charge in [0, 0.05) is 25.3 Å². The number of ether oxygens (including phenoxy) is 1. The van der Waals surface area contributed by atoms with Gasteiger partial charge in [-0.3, -0.25) is 4.90 Å². The molecule has 2 amide bonds. The molecule has 4 N–H and O–H groups in total. The summed E-state index contributed by atoms with van der Waals surface area (Å²) in [4.78, 5) is 12.9. The van der Waals surface area contributed by atoms with Crippen LogP contribution in [0.1, 0.15) is 12.0 Å². The number of hydrogen-bond donors (Lipinski definition) is 3. The third-order valence-corrected chi connectivity index (χ3v) is 4.54. The fourth-order valence-electron chi connectivity index (χ4n) is 3.12. The van der Waals surface area contributed by atoms with Crippen LogP contribution in [0.15, 0.2) is 54.6 Å². The van der Waals surface area contributed by atoms with Gasteiger partial charge >= 0.3 is 6.03 Å². The molecular weight excluding hydrogens is 361 g/mol. The average molecular weight is 385 g/mol. The van der Waals surface area contributed by atoms with Crippen molar-refractivity contribution >= 4 is 17.3 Å². The van der Waals surface area contributed by atoms with Crippen LogP contribution in [-0.4, -0.2) is 48.4 Å². The van der Waals surface area contributed by atoms with Gasteiger partial charge in [0.1, 0.15) is 24.3 Å². The topological polar surface area (TPSA) is 87.8 Å². The van der Waals surface area contributed by atoms with Crippen molar-refractivity contribution in [1.82, 2.24) is 4.90 Å². The SMILES string of the molecule is NC(=O)Nc1ccc(OCC(O)CN2CC=C(c3ccc(F)cc3)CC2)cc1. The molecule has 0 saturated carbocycles. The molecule has 1 heterocycles. The number of carbonyl (C=O) groups excluding carboxylic acids is 1. The number of primary amides is 1. The highest BCUT2D eigenvalue weighted by atomic mass is 19.1. The molecule has 3 rings (SSSR count). The van der Waals surface area contributed by atoms with Gasteiger partial charge < -0.3 is 20.9 Å². The highest BCUT2D eigenvalue weighted by Gasteiger charge is 2.16. The zero-order valence-electron chi connectivity index (χ0n) is 15.5. The minimum absolute atomic E-state index is 0.174. The average Bonchev–Trinajstić information content (AvgIpc) is 2.68. The first-order chi connectivity index (χ1) is 13.5. The molecule has 0 aromatic heterocycles. The second-order valence-corrected chi connectivity index (χ2v) is 6.72. The van der Waals surface area contributed by atoms with E-state index < -0.39 is 12.1 Å². The van der Waals surface area contributed by atoms with E-state index in [0.717, 1.165) is 25.1 Å². The van der Waals surface area contributed by atoms with Gasteiger partial charge in [-0.2, -0.15) is 0 Å². The Morgan fingerprint density at radius 2 is 1.93 bits per heavy atom. The molecule has 1 atom stereocenters. The van der Waals surface area contributed by atoms with Crippen molar-refractivity contribution in [2.45, 2.75) is 12.5 Å². The molecule has 1 aliphatic rings. The lowest BCUT2D eigenvalue weighted by Gasteiger charge is -2.28. The minimum Gasteiger partial charge on any atom is -0.491 e. The van der Waals surface area contributed by atoms with Crippen LogP contribution in [-0.2, 0) is 0 Å². The van der Waals surface area contributed by atoms with Gasteiger partial charge in [-0.25, -0.2) is 9.18 Å². The van der Waals surface area contributed by atoms with E-state index in [4.69, 9.17) is 10.5 Å². The van der Waals surface area contributed by atoms with Gasteiger partial charge in [-0.05, 0) is 54.0 Å². The summed E-state index contributed by atoms with van der Waals surface area (Å²) in [6.07, 6.45) is 2.35. The summed E-state index contributed by atoms with van der Waals surface area (Å²) < 4.78 is 18.6. The Kier molecular flexibility index (Phi) is 6.62. The van der Waals surface area contributed by atoms with Crippen molar-refractivity contribution in [2.24, 2.45) is 5.73 Å². The summed E-state index contributed by atoms with van der Waals surface area (Å²) in [5.74, 6) is 0.370. The number of rotatable bonds is 7. The van der Waals surface area contributed by atoms with Crippen molar-refractivity contribution < 1.29 is 19.0 Å². The summed E-state index contributed by atoms with van der Waals surface area (Å²) in [5, 5.41) is 12.7. The predicted octanol–water partition coefficient (Wildman–Crippen LogP) is 2.85. The van der Waals surface area contributed by atoms with Crippen LogP contribution in [0.25, 0.3) is 5.57 Å². The predicted molar refractivity (Wildman–Crippen MR) is 107 cm³/mol. The van der Waals surface area contributed by atoms with E-state index >= 15 is 0 Å². The molecule has 0 bridgehead atoms. The zero-order valence-corrected chi connectivity index (χ0v) is 15.5. The first-order valence-electron chi connectivity index (χ1n) is 9.14. The second-order valence-electron chi connectivity index (χ2n) is 6.72. The van der Waals surface area contributed by atoms with Crippen molar-refractivity contribution in [3.05, 3.63) is 66.0 Å². The molecular formula is C21H24FN3O3. The number of anilines is 1. The lowest BCUT2D eigenvalue weighted by Crippen LogP contribution is -2.38. The smallest absolute Gasteiger partial charge is 0.316 e. The Morgan fingerprint density at radius 3 is 2.54 bits per heavy atom. The number of urea groups is 1. The standard InChI is InChI=1S/C21H24FN3O3/c22-17-3-1-15(2-4-17)16-9-11-25(12-10-16)13-19(26)14-28-20-7-5-18(6-8-20)24-21(23)27/h1-9,19,26H,10-14H2,(H3,23,24,27). The molecule has 0 aliphatic carbocycles. The largest absolute Gasteiger partial charge is 0.491 e. The number of halogens is 1. The highest BCUT2D eigenvalue weighted by molar-refractivity contribution is 5.87. The summed E-state index contributed by atoms with van der Waals surface area (Å²) >= 11 is 0. The van der Waals surface area contributed by atoms with E-state index in [-0.39, 0.29) is 12.4 Å². The van der Waals surface area contributed by atoms with Gasteiger partial charge in [0.05, 0.1) is 0 Å². The number of aliphatic hydroxyl groups excluding tert-OH is 1. The molecule has 28 heavy (non-hydrogen) atoms. The van der Waals surface area contributed by atoms with Crippen LogP contribution < -0.4 is 15.8 Å². The molecule has 0 spiro atoms. The van der Waals surface area contributed by atoms with Gasteiger partial charge in [-0.15, -0.1) is 0 Å². The lowest BCUT2D eigenvalue weighted by molar-refractivity contribution is 0.0717. The van der Waals surface area contributed by atoms with E-state index in [1.807, 2.05) is 0 Å². The van der Waals surface area contributed by atoms with Crippen LogP contribution in [0, 0.1) is 5.82 Å². The van der Waals surface area contributed by atoms with E-state index in [0.29, 0.717) is 18.0 Å². The number of benzene rings is 2. The van der Waals surface area contributed by atoms with E-state index in [9.17, 15) is 14.3 Å². The van der Waals surface area contributed by atoms with Crippen molar-refractivity contribution in [2.75, 3.05) is 31.6 Å². The van der Waals surface area contributed by atoms with Gasteiger partial charge in [0.25, 0.3) is 0 Å². The molecule has 2 aromatic rings. The van der Waals surface area contributed by atoms with E-state index in [2.05, 4.69) is 16.3 Å². The maximum Gasteiger partial charge on any atom is 0.316 e. The Labute approximate surface area is 163 Å². The normalized spacial score (nSPS) is 15.6. The second kappa shape index (κ2) is 9.34. The monoisotopic (exact) mass is 385 g/mol. The van der Waals surface area contributed by atoms with Crippen molar-refractivity contribution in [1.29, 1.82) is 0 Å². The van der Waals surface area contributed by atoms with Crippen LogP contribution in [0.4, 0.5) is 14.9 Å². The van der Waals surface area contributed by atoms with Crippen molar-refractivity contribution in [3.8, 4) is 5.75 Å². The summed E-state index contributed by atoms with van der Waals surface area (Å²) in [6, 6.07) is 12.7. The van der Waals surface area contributed by atoms with Crippen LogP contribution >= 0.6 is 0 Å². The Balaban J connectivity index is 1.43. The minimum atomic E-state index is -0.623. The summed E-state index contributed by atoms with van der Waals surface area (Å²) in [6.45, 7) is 2.24.